The molecule has 0 spiro atoms. The molecular formula is C19H24N4OS. The Bertz CT molecular complexity index is 890. The van der Waals surface area contributed by atoms with Gasteiger partial charge in [0.25, 0.3) is 0 Å². The number of aryl methyl sites for hydroxylation is 1. The molecule has 132 valence electrons. The third-order valence-corrected chi connectivity index (χ3v) is 6.16. The summed E-state index contributed by atoms with van der Waals surface area (Å²) in [6.45, 7) is 7.52. The first-order valence-corrected chi connectivity index (χ1v) is 9.71. The number of likely N-dealkylation sites (tertiary alicyclic amines) is 1. The predicted molar refractivity (Wildman–Crippen MR) is 103 cm³/mol. The topological polar surface area (TPSA) is 68.2 Å². The Balaban J connectivity index is 1.67. The zero-order chi connectivity index (χ0) is 17.6. The van der Waals surface area contributed by atoms with Gasteiger partial charge in [0.2, 0.25) is 0 Å². The number of hydrogen-bond acceptors (Lipinski definition) is 6. The molecule has 4 heterocycles. The Hall–Kier alpha value is -1.92. The summed E-state index contributed by atoms with van der Waals surface area (Å²) < 4.78 is 5.65. The van der Waals surface area contributed by atoms with Crippen LogP contribution < -0.4 is 5.73 Å². The fourth-order valence-corrected chi connectivity index (χ4v) is 4.75. The molecule has 0 aromatic carbocycles. The number of nitrogens with two attached hydrogens (primary N) is 1. The van der Waals surface area contributed by atoms with Crippen molar-refractivity contribution in [3.05, 3.63) is 28.8 Å². The van der Waals surface area contributed by atoms with Crippen LogP contribution >= 0.6 is 11.3 Å². The summed E-state index contributed by atoms with van der Waals surface area (Å²) in [6, 6.07) is 7.21. The van der Waals surface area contributed by atoms with Gasteiger partial charge in [-0.2, -0.15) is 0 Å². The van der Waals surface area contributed by atoms with Gasteiger partial charge in [-0.25, -0.2) is 9.97 Å². The maximum Gasteiger partial charge on any atom is 0.199 e. The summed E-state index contributed by atoms with van der Waals surface area (Å²) >= 11 is 1.71. The lowest BCUT2D eigenvalue weighted by Gasteiger charge is -2.38. The summed E-state index contributed by atoms with van der Waals surface area (Å²) in [5, 5.41) is 0.948. The number of anilines is 1. The monoisotopic (exact) mass is 356 g/mol. The Kier molecular flexibility index (Phi) is 4.25. The molecule has 5 nitrogen and oxygen atoms in total. The minimum Gasteiger partial charge on any atom is -0.458 e. The van der Waals surface area contributed by atoms with E-state index in [2.05, 4.69) is 34.8 Å². The van der Waals surface area contributed by atoms with E-state index in [9.17, 15) is 0 Å². The average Bonchev–Trinajstić information content (AvgIpc) is 3.17. The molecule has 0 radical (unpaired) electrons. The average molecular weight is 356 g/mol. The lowest BCUT2D eigenvalue weighted by Crippen LogP contribution is -2.42. The maximum atomic E-state index is 6.20. The second kappa shape index (κ2) is 6.42. The first kappa shape index (κ1) is 16.5. The summed E-state index contributed by atoms with van der Waals surface area (Å²) in [6.07, 6.45) is 3.88. The van der Waals surface area contributed by atoms with E-state index >= 15 is 0 Å². The number of rotatable bonds is 3. The summed E-state index contributed by atoms with van der Waals surface area (Å²) in [5.74, 6) is 2.60. The van der Waals surface area contributed by atoms with E-state index < -0.39 is 0 Å². The van der Waals surface area contributed by atoms with Crippen LogP contribution in [0.5, 0.6) is 0 Å². The smallest absolute Gasteiger partial charge is 0.199 e. The maximum absolute atomic E-state index is 6.20. The van der Waals surface area contributed by atoms with E-state index in [0.29, 0.717) is 29.5 Å². The van der Waals surface area contributed by atoms with Crippen LogP contribution in [-0.4, -0.2) is 27.0 Å². The van der Waals surface area contributed by atoms with E-state index in [-0.39, 0.29) is 0 Å². The van der Waals surface area contributed by atoms with E-state index in [4.69, 9.17) is 10.2 Å². The molecule has 0 aliphatic carbocycles. The molecule has 1 aliphatic rings. The van der Waals surface area contributed by atoms with Crippen molar-refractivity contribution in [2.75, 3.05) is 5.73 Å². The normalized spacial score (nSPS) is 21.9. The first-order valence-electron chi connectivity index (χ1n) is 8.90. The van der Waals surface area contributed by atoms with Gasteiger partial charge in [-0.05, 0) is 51.8 Å². The number of furan rings is 1. The molecule has 25 heavy (non-hydrogen) atoms. The molecule has 1 fully saturated rings. The van der Waals surface area contributed by atoms with E-state index in [1.165, 1.54) is 24.1 Å². The van der Waals surface area contributed by atoms with E-state index in [1.54, 1.807) is 11.3 Å². The van der Waals surface area contributed by atoms with Gasteiger partial charge < -0.3 is 10.2 Å². The molecule has 0 bridgehead atoms. The lowest BCUT2D eigenvalue weighted by molar-refractivity contribution is 0.0965. The van der Waals surface area contributed by atoms with Crippen LogP contribution in [0.4, 0.5) is 5.82 Å². The van der Waals surface area contributed by atoms with Crippen molar-refractivity contribution in [1.29, 1.82) is 0 Å². The standard InChI is InChI=1S/C19H24N4OS/c1-11-5-4-6-12(2)23(11)10-14-9-15-17(20)21-18(22-19(15)25-14)16-8-7-13(3)24-16/h7-9,11-12H,4-6,10H2,1-3H3,(H2,20,21,22). The van der Waals surface area contributed by atoms with Crippen LogP contribution in [0, 0.1) is 6.92 Å². The molecule has 0 amide bonds. The van der Waals surface area contributed by atoms with Gasteiger partial charge >= 0.3 is 0 Å². The van der Waals surface area contributed by atoms with Gasteiger partial charge in [0, 0.05) is 23.5 Å². The largest absolute Gasteiger partial charge is 0.458 e. The highest BCUT2D eigenvalue weighted by Gasteiger charge is 2.25. The van der Waals surface area contributed by atoms with Gasteiger partial charge in [-0.15, -0.1) is 11.3 Å². The second-order valence-corrected chi connectivity index (χ2v) is 8.19. The molecule has 6 heteroatoms. The summed E-state index contributed by atoms with van der Waals surface area (Å²) in [7, 11) is 0. The molecule has 2 N–H and O–H groups in total. The fourth-order valence-electron chi connectivity index (χ4n) is 3.70. The Labute approximate surface area is 151 Å². The van der Waals surface area contributed by atoms with Crippen molar-refractivity contribution in [2.45, 2.75) is 58.7 Å². The molecule has 4 rings (SSSR count). The van der Waals surface area contributed by atoms with Crippen molar-refractivity contribution < 1.29 is 4.42 Å². The number of fused-ring (bicyclic) bond motifs is 1. The first-order chi connectivity index (χ1) is 12.0. The molecule has 2 atom stereocenters. The number of nitrogens with zero attached hydrogens (tertiary/aromatic N) is 3. The van der Waals surface area contributed by atoms with Crippen LogP contribution in [-0.2, 0) is 6.54 Å². The van der Waals surface area contributed by atoms with Crippen molar-refractivity contribution in [3.63, 3.8) is 0 Å². The molecular weight excluding hydrogens is 332 g/mol. The lowest BCUT2D eigenvalue weighted by atomic mass is 9.97. The van der Waals surface area contributed by atoms with Gasteiger partial charge in [-0.3, -0.25) is 4.90 Å². The van der Waals surface area contributed by atoms with E-state index in [1.807, 2.05) is 19.1 Å². The molecule has 0 saturated carbocycles. The minimum atomic E-state index is 0.524. The summed E-state index contributed by atoms with van der Waals surface area (Å²) in [5.41, 5.74) is 6.20. The highest BCUT2D eigenvalue weighted by atomic mass is 32.1. The Morgan fingerprint density at radius 3 is 2.68 bits per heavy atom. The van der Waals surface area contributed by atoms with Crippen LogP contribution in [0.1, 0.15) is 43.7 Å². The van der Waals surface area contributed by atoms with Crippen LogP contribution in [0.15, 0.2) is 22.6 Å². The number of aromatic nitrogens is 2. The highest BCUT2D eigenvalue weighted by molar-refractivity contribution is 7.18. The van der Waals surface area contributed by atoms with Crippen molar-refractivity contribution >= 4 is 27.4 Å². The van der Waals surface area contributed by atoms with Gasteiger partial charge in [0.05, 0.1) is 5.39 Å². The highest BCUT2D eigenvalue weighted by Crippen LogP contribution is 2.33. The SMILES string of the molecule is Cc1ccc(-c2nc(N)c3cc(CN4C(C)CCCC4C)sc3n2)o1. The fraction of sp³-hybridized carbons (Fsp3) is 0.474. The Morgan fingerprint density at radius 1 is 1.24 bits per heavy atom. The van der Waals surface area contributed by atoms with Crippen LogP contribution in [0.25, 0.3) is 21.8 Å². The number of nitrogen functional groups attached to an aromatic ring is 1. The minimum absolute atomic E-state index is 0.524. The third kappa shape index (κ3) is 3.16. The van der Waals surface area contributed by atoms with E-state index in [0.717, 1.165) is 22.5 Å². The second-order valence-electron chi connectivity index (χ2n) is 7.08. The molecule has 1 aliphatic heterocycles. The molecule has 2 unspecified atom stereocenters. The van der Waals surface area contributed by atoms with Crippen LogP contribution in [0.3, 0.4) is 0 Å². The molecule has 1 saturated heterocycles. The number of hydrogen-bond donors (Lipinski definition) is 1. The third-order valence-electron chi connectivity index (χ3n) is 5.15. The van der Waals surface area contributed by atoms with Crippen LogP contribution in [0.2, 0.25) is 0 Å². The number of thiophene rings is 1. The van der Waals surface area contributed by atoms with Gasteiger partial charge in [-0.1, -0.05) is 6.42 Å². The van der Waals surface area contributed by atoms with Crippen molar-refractivity contribution in [2.24, 2.45) is 0 Å². The zero-order valence-corrected chi connectivity index (χ0v) is 15.8. The number of piperidine rings is 1. The Morgan fingerprint density at radius 2 is 2.00 bits per heavy atom. The zero-order valence-electron chi connectivity index (χ0n) is 15.0. The van der Waals surface area contributed by atoms with Crippen molar-refractivity contribution in [3.8, 4) is 11.6 Å². The quantitative estimate of drug-likeness (QED) is 0.742. The van der Waals surface area contributed by atoms with Gasteiger partial charge in [0.1, 0.15) is 16.4 Å². The summed E-state index contributed by atoms with van der Waals surface area (Å²) in [4.78, 5) is 13.9. The van der Waals surface area contributed by atoms with Crippen molar-refractivity contribution in [1.82, 2.24) is 14.9 Å². The van der Waals surface area contributed by atoms with Gasteiger partial charge in [0.15, 0.2) is 11.6 Å². The molecule has 3 aromatic rings. The molecule has 3 aromatic heterocycles. The predicted octanol–water partition coefficient (Wildman–Crippen LogP) is 4.60.